The predicted molar refractivity (Wildman–Crippen MR) is 124 cm³/mol. The van der Waals surface area contributed by atoms with Crippen molar-refractivity contribution in [2.24, 2.45) is 10.7 Å². The molecule has 0 amide bonds. The van der Waals surface area contributed by atoms with Crippen molar-refractivity contribution in [1.29, 1.82) is 0 Å². The third-order valence-corrected chi connectivity index (χ3v) is 6.07. The fourth-order valence-electron chi connectivity index (χ4n) is 4.11. The molecule has 0 saturated carbocycles. The lowest BCUT2D eigenvalue weighted by Crippen LogP contribution is -2.60. The Labute approximate surface area is 184 Å². The summed E-state index contributed by atoms with van der Waals surface area (Å²) in [7, 11) is 0. The second kappa shape index (κ2) is 16.3. The zero-order chi connectivity index (χ0) is 22.1. The van der Waals surface area contributed by atoms with Crippen molar-refractivity contribution < 1.29 is 14.4 Å². The molecule has 0 spiro atoms. The molecule has 5 nitrogen and oxygen atoms in total. The molecule has 1 heterocycles. The first-order valence-corrected chi connectivity index (χ1v) is 12.3. The molecule has 2 unspecified atom stereocenters. The minimum atomic E-state index is -1.09. The first-order chi connectivity index (χ1) is 14.5. The number of unbranched alkanes of at least 4 members (excludes halogenated alkanes) is 12. The van der Waals surface area contributed by atoms with Crippen LogP contribution in [0, 0.1) is 0 Å². The van der Waals surface area contributed by atoms with Crippen molar-refractivity contribution in [2.75, 3.05) is 6.54 Å². The van der Waals surface area contributed by atoms with Crippen molar-refractivity contribution in [1.82, 2.24) is 0 Å². The fraction of sp³-hybridized carbons (Fsp3) is 0.760. The lowest BCUT2D eigenvalue weighted by molar-refractivity contribution is -0.808. The molecule has 0 aromatic carbocycles. The van der Waals surface area contributed by atoms with Crippen molar-refractivity contribution in [3.05, 3.63) is 24.6 Å². The number of nitrogens with two attached hydrogens (primary N) is 1. The number of carboxylic acid groups (broad SMARTS) is 1. The van der Waals surface area contributed by atoms with Gasteiger partial charge in [0.2, 0.25) is 5.84 Å². The molecule has 1 rings (SSSR count). The smallest absolute Gasteiger partial charge is 0.209 e. The molecule has 0 saturated heterocycles. The Hall–Kier alpha value is -1.46. The van der Waals surface area contributed by atoms with Crippen LogP contribution in [0.4, 0.5) is 0 Å². The van der Waals surface area contributed by atoms with Crippen LogP contribution in [0.5, 0.6) is 0 Å². The lowest BCUT2D eigenvalue weighted by Gasteiger charge is -2.36. The minimum Gasteiger partial charge on any atom is -0.544 e. The largest absolute Gasteiger partial charge is 0.544 e. The molecule has 2 N–H and O–H groups in total. The van der Waals surface area contributed by atoms with Crippen LogP contribution in [0.3, 0.4) is 0 Å². The lowest BCUT2D eigenvalue weighted by atomic mass is 10.1. The second-order valence-electron chi connectivity index (χ2n) is 8.73. The summed E-state index contributed by atoms with van der Waals surface area (Å²) in [6, 6.07) is 0. The Kier molecular flexibility index (Phi) is 14.4. The van der Waals surface area contributed by atoms with E-state index in [2.05, 4.69) is 24.1 Å². The van der Waals surface area contributed by atoms with Gasteiger partial charge in [-0.05, 0) is 32.1 Å². The van der Waals surface area contributed by atoms with Crippen LogP contribution in [0.15, 0.2) is 29.5 Å². The number of carbonyl (C=O) groups is 1. The average Bonchev–Trinajstić information content (AvgIpc) is 3.10. The molecule has 0 aromatic heterocycles. The Balaban J connectivity index is 2.03. The molecular formula is C25H45N3O2. The van der Waals surface area contributed by atoms with Crippen molar-refractivity contribution in [2.45, 2.75) is 116 Å². The van der Waals surface area contributed by atoms with Gasteiger partial charge in [0.15, 0.2) is 0 Å². The number of carboxylic acids is 1. The summed E-state index contributed by atoms with van der Waals surface area (Å²) in [5.41, 5.74) is 6.07. The monoisotopic (exact) mass is 419 g/mol. The van der Waals surface area contributed by atoms with Gasteiger partial charge in [-0.3, -0.25) is 5.73 Å². The summed E-state index contributed by atoms with van der Waals surface area (Å²) in [6.07, 6.45) is 26.6. The first-order valence-electron chi connectivity index (χ1n) is 12.3. The topological polar surface area (TPSA) is 78.5 Å². The van der Waals surface area contributed by atoms with Gasteiger partial charge in [0.05, 0.1) is 12.2 Å². The van der Waals surface area contributed by atoms with Gasteiger partial charge >= 0.3 is 0 Å². The van der Waals surface area contributed by atoms with Crippen molar-refractivity contribution >= 4 is 11.8 Å². The molecule has 5 heteroatoms. The SMILES string of the molecule is CCCCCCCCCCC/C=C/CCCCCC1=NC=C[N+]1(CC(=O)[O-])C(C)N. The van der Waals surface area contributed by atoms with Gasteiger partial charge in [0.1, 0.15) is 18.9 Å². The number of aliphatic imine (C=N–C) groups is 1. The van der Waals surface area contributed by atoms with E-state index in [0.717, 1.165) is 37.9 Å². The van der Waals surface area contributed by atoms with E-state index in [1.807, 2.05) is 6.92 Å². The van der Waals surface area contributed by atoms with Crippen LogP contribution >= 0.6 is 0 Å². The van der Waals surface area contributed by atoms with E-state index in [9.17, 15) is 9.90 Å². The van der Waals surface area contributed by atoms with Gasteiger partial charge in [-0.15, -0.1) is 0 Å². The number of nitrogens with zero attached hydrogens (tertiary/aromatic N) is 2. The van der Waals surface area contributed by atoms with E-state index in [4.69, 9.17) is 5.73 Å². The predicted octanol–water partition coefficient (Wildman–Crippen LogP) is 5.17. The molecule has 0 fully saturated rings. The van der Waals surface area contributed by atoms with Crippen molar-refractivity contribution in [3.63, 3.8) is 0 Å². The second-order valence-corrected chi connectivity index (χ2v) is 8.73. The van der Waals surface area contributed by atoms with Crippen LogP contribution < -0.4 is 10.8 Å². The average molecular weight is 420 g/mol. The van der Waals surface area contributed by atoms with E-state index in [1.54, 1.807) is 12.4 Å². The Morgan fingerprint density at radius 2 is 1.53 bits per heavy atom. The first kappa shape index (κ1) is 26.6. The van der Waals surface area contributed by atoms with Gasteiger partial charge in [-0.2, -0.15) is 0 Å². The minimum absolute atomic E-state index is 0.0982. The number of carbonyl (C=O) groups excluding carboxylic acids is 1. The van der Waals surface area contributed by atoms with E-state index in [-0.39, 0.29) is 17.2 Å². The highest BCUT2D eigenvalue weighted by Crippen LogP contribution is 2.23. The van der Waals surface area contributed by atoms with E-state index in [0.29, 0.717) is 0 Å². The zero-order valence-electron chi connectivity index (χ0n) is 19.5. The number of quaternary nitrogens is 1. The van der Waals surface area contributed by atoms with E-state index in [1.165, 1.54) is 64.2 Å². The molecule has 1 aliphatic heterocycles. The van der Waals surface area contributed by atoms with Gasteiger partial charge in [0, 0.05) is 13.3 Å². The van der Waals surface area contributed by atoms with Crippen LogP contribution in [0.25, 0.3) is 0 Å². The molecule has 0 radical (unpaired) electrons. The van der Waals surface area contributed by atoms with Crippen LogP contribution in [0.1, 0.15) is 110 Å². The normalized spacial score (nSPS) is 19.5. The highest BCUT2D eigenvalue weighted by molar-refractivity contribution is 5.81. The maximum absolute atomic E-state index is 11.2. The van der Waals surface area contributed by atoms with Crippen LogP contribution in [0.2, 0.25) is 0 Å². The third-order valence-electron chi connectivity index (χ3n) is 6.07. The van der Waals surface area contributed by atoms with Crippen LogP contribution in [-0.4, -0.2) is 29.0 Å². The third kappa shape index (κ3) is 10.5. The summed E-state index contributed by atoms with van der Waals surface area (Å²) in [5, 5.41) is 11.2. The number of hydrogen-bond donors (Lipinski definition) is 1. The molecule has 0 aliphatic carbocycles. The summed E-state index contributed by atoms with van der Waals surface area (Å²) in [4.78, 5) is 15.5. The highest BCUT2D eigenvalue weighted by Gasteiger charge is 2.38. The number of aliphatic carboxylic acids is 1. The maximum Gasteiger partial charge on any atom is 0.209 e. The summed E-state index contributed by atoms with van der Waals surface area (Å²) >= 11 is 0. The van der Waals surface area contributed by atoms with Crippen molar-refractivity contribution in [3.8, 4) is 0 Å². The Morgan fingerprint density at radius 1 is 1.00 bits per heavy atom. The number of rotatable bonds is 19. The van der Waals surface area contributed by atoms with E-state index < -0.39 is 5.97 Å². The van der Waals surface area contributed by atoms with Gasteiger partial charge in [0.25, 0.3) is 0 Å². The summed E-state index contributed by atoms with van der Waals surface area (Å²) in [6.45, 7) is 3.95. The molecule has 0 bridgehead atoms. The molecule has 30 heavy (non-hydrogen) atoms. The van der Waals surface area contributed by atoms with Gasteiger partial charge < -0.3 is 9.90 Å². The maximum atomic E-state index is 11.2. The molecule has 172 valence electrons. The van der Waals surface area contributed by atoms with Gasteiger partial charge in [-0.1, -0.05) is 76.9 Å². The summed E-state index contributed by atoms with van der Waals surface area (Å²) < 4.78 is 0.0982. The molecule has 0 aromatic rings. The van der Waals surface area contributed by atoms with Crippen LogP contribution in [-0.2, 0) is 4.79 Å². The number of allylic oxidation sites excluding steroid dienone is 2. The number of amidine groups is 1. The zero-order valence-corrected chi connectivity index (χ0v) is 19.5. The molecular weight excluding hydrogens is 374 g/mol. The standard InChI is InChI=1S/C25H45N3O2/c1-3-4-5-6-7-8-9-10-11-12-13-14-15-16-17-18-19-24-27-20-21-28(24,23(2)26)22-25(29)30/h13-14,20-21,23H,3-12,15-19,22,26H2,1-2H3/b14-13+. The fourth-order valence-corrected chi connectivity index (χ4v) is 4.11. The highest BCUT2D eigenvalue weighted by atomic mass is 16.4. The molecule has 1 aliphatic rings. The quantitative estimate of drug-likeness (QED) is 0.178. The number of hydrogen-bond acceptors (Lipinski definition) is 4. The molecule has 2 atom stereocenters. The van der Waals surface area contributed by atoms with Gasteiger partial charge in [-0.25, -0.2) is 9.48 Å². The summed E-state index contributed by atoms with van der Waals surface area (Å²) in [5.74, 6) is -0.251. The Bertz CT molecular complexity index is 555. The Morgan fingerprint density at radius 3 is 2.07 bits per heavy atom. The van der Waals surface area contributed by atoms with E-state index >= 15 is 0 Å².